The molecule has 1 aliphatic rings. The van der Waals surface area contributed by atoms with Crippen LogP contribution in [0.2, 0.25) is 0 Å². The molecule has 2 rings (SSSR count). The molecule has 0 aromatic heterocycles. The van der Waals surface area contributed by atoms with Gasteiger partial charge in [0.1, 0.15) is 11.6 Å². The van der Waals surface area contributed by atoms with Crippen LogP contribution >= 0.6 is 0 Å². The molecule has 5 heteroatoms. The van der Waals surface area contributed by atoms with Crippen LogP contribution in [0.1, 0.15) is 29.6 Å². The topological polar surface area (TPSA) is 53.3 Å². The molecular formula is C15H17FN2O2. The van der Waals surface area contributed by atoms with E-state index >= 15 is 0 Å². The van der Waals surface area contributed by atoms with Crippen LogP contribution in [0.4, 0.5) is 4.39 Å². The first-order chi connectivity index (χ1) is 9.65. The van der Waals surface area contributed by atoms with Crippen LogP contribution in [-0.2, 0) is 0 Å². The van der Waals surface area contributed by atoms with Crippen molar-refractivity contribution in [2.45, 2.75) is 25.3 Å². The van der Waals surface area contributed by atoms with E-state index in [0.717, 1.165) is 12.8 Å². The third kappa shape index (κ3) is 3.55. The Hall–Kier alpha value is -1.93. The summed E-state index contributed by atoms with van der Waals surface area (Å²) in [5.74, 6) is -0.247. The minimum atomic E-state index is -0.454. The SMILES string of the molecule is COc1ccc(F)cc1C(=O)CN(CCC#N)C1CC1. The van der Waals surface area contributed by atoms with Gasteiger partial charge < -0.3 is 4.74 Å². The highest BCUT2D eigenvalue weighted by molar-refractivity contribution is 6.00. The zero-order valence-corrected chi connectivity index (χ0v) is 11.4. The lowest BCUT2D eigenvalue weighted by atomic mass is 10.1. The molecule has 0 heterocycles. The first kappa shape index (κ1) is 14.5. The predicted octanol–water partition coefficient (Wildman–Crippen LogP) is 2.40. The van der Waals surface area contributed by atoms with Gasteiger partial charge in [-0.1, -0.05) is 0 Å². The van der Waals surface area contributed by atoms with Gasteiger partial charge in [-0.15, -0.1) is 0 Å². The molecule has 0 bridgehead atoms. The van der Waals surface area contributed by atoms with E-state index in [4.69, 9.17) is 10.00 Å². The molecule has 20 heavy (non-hydrogen) atoms. The second-order valence-corrected chi connectivity index (χ2v) is 4.88. The van der Waals surface area contributed by atoms with Gasteiger partial charge in [0.05, 0.1) is 25.3 Å². The van der Waals surface area contributed by atoms with E-state index in [-0.39, 0.29) is 17.9 Å². The Morgan fingerprint density at radius 3 is 2.90 bits per heavy atom. The molecule has 1 aromatic carbocycles. The summed E-state index contributed by atoms with van der Waals surface area (Å²) < 4.78 is 18.4. The number of rotatable bonds is 7. The normalized spacial score (nSPS) is 14.1. The largest absolute Gasteiger partial charge is 0.496 e. The minimum Gasteiger partial charge on any atom is -0.496 e. The molecule has 1 saturated carbocycles. The zero-order valence-electron chi connectivity index (χ0n) is 11.4. The summed E-state index contributed by atoms with van der Waals surface area (Å²) in [7, 11) is 1.46. The van der Waals surface area contributed by atoms with Gasteiger partial charge in [0.15, 0.2) is 5.78 Å². The first-order valence-electron chi connectivity index (χ1n) is 6.63. The van der Waals surface area contributed by atoms with E-state index in [0.29, 0.717) is 24.8 Å². The number of nitriles is 1. The Kier molecular flexibility index (Phi) is 4.70. The van der Waals surface area contributed by atoms with Crippen LogP contribution in [0.15, 0.2) is 18.2 Å². The summed E-state index contributed by atoms with van der Waals surface area (Å²) in [6, 6.07) is 6.40. The lowest BCUT2D eigenvalue weighted by molar-refractivity contribution is 0.0922. The van der Waals surface area contributed by atoms with Crippen LogP contribution in [0.25, 0.3) is 0 Å². The third-order valence-electron chi connectivity index (χ3n) is 3.38. The van der Waals surface area contributed by atoms with Crippen molar-refractivity contribution in [1.29, 1.82) is 5.26 Å². The Morgan fingerprint density at radius 2 is 2.30 bits per heavy atom. The van der Waals surface area contributed by atoms with Gasteiger partial charge in [-0.05, 0) is 31.0 Å². The van der Waals surface area contributed by atoms with Gasteiger partial charge in [-0.3, -0.25) is 9.69 Å². The molecule has 0 spiro atoms. The second kappa shape index (κ2) is 6.49. The monoisotopic (exact) mass is 276 g/mol. The van der Waals surface area contributed by atoms with Crippen LogP contribution in [0.5, 0.6) is 5.75 Å². The summed E-state index contributed by atoms with van der Waals surface area (Å²) >= 11 is 0. The number of halogens is 1. The van der Waals surface area contributed by atoms with Crippen molar-refractivity contribution in [1.82, 2.24) is 4.90 Å². The highest BCUT2D eigenvalue weighted by atomic mass is 19.1. The summed E-state index contributed by atoms with van der Waals surface area (Å²) in [6.45, 7) is 0.775. The molecule has 0 amide bonds. The van der Waals surface area contributed by atoms with Crippen LogP contribution in [0.3, 0.4) is 0 Å². The molecule has 0 radical (unpaired) electrons. The summed E-state index contributed by atoms with van der Waals surface area (Å²) in [6.07, 6.45) is 2.50. The fourth-order valence-electron chi connectivity index (χ4n) is 2.19. The molecule has 0 saturated heterocycles. The molecule has 1 aliphatic carbocycles. The number of Topliss-reactive ketones (excluding diaryl/α,β-unsaturated/α-hetero) is 1. The lowest BCUT2D eigenvalue weighted by Crippen LogP contribution is -2.33. The molecule has 1 fully saturated rings. The second-order valence-electron chi connectivity index (χ2n) is 4.88. The van der Waals surface area contributed by atoms with E-state index in [1.165, 1.54) is 25.3 Å². The van der Waals surface area contributed by atoms with E-state index in [1.54, 1.807) is 0 Å². The number of hydrogen-bond acceptors (Lipinski definition) is 4. The smallest absolute Gasteiger partial charge is 0.180 e. The van der Waals surface area contributed by atoms with E-state index in [2.05, 4.69) is 6.07 Å². The molecule has 0 unspecified atom stereocenters. The maximum atomic E-state index is 13.3. The molecule has 1 aromatic rings. The molecule has 106 valence electrons. The Labute approximate surface area is 117 Å². The third-order valence-corrected chi connectivity index (χ3v) is 3.38. The molecule has 4 nitrogen and oxygen atoms in total. The average molecular weight is 276 g/mol. The van der Waals surface area contributed by atoms with Gasteiger partial charge >= 0.3 is 0 Å². The molecule has 0 N–H and O–H groups in total. The van der Waals surface area contributed by atoms with Crippen LogP contribution in [0, 0.1) is 17.1 Å². The Balaban J connectivity index is 2.10. The summed E-state index contributed by atoms with van der Waals surface area (Å²) in [4.78, 5) is 14.3. The molecule has 0 aliphatic heterocycles. The van der Waals surface area contributed by atoms with Crippen LogP contribution in [-0.4, -0.2) is 36.9 Å². The number of hydrogen-bond donors (Lipinski definition) is 0. The number of carbonyl (C=O) groups excluding carboxylic acids is 1. The van der Waals surface area contributed by atoms with Crippen molar-refractivity contribution in [3.8, 4) is 11.8 Å². The number of benzene rings is 1. The first-order valence-corrected chi connectivity index (χ1v) is 6.63. The van der Waals surface area contributed by atoms with Crippen molar-refractivity contribution < 1.29 is 13.9 Å². The summed E-state index contributed by atoms with van der Waals surface area (Å²) in [5, 5.41) is 8.66. The lowest BCUT2D eigenvalue weighted by Gasteiger charge is -2.20. The minimum absolute atomic E-state index is 0.175. The maximum Gasteiger partial charge on any atom is 0.180 e. The standard InChI is InChI=1S/C15H17FN2O2/c1-20-15-6-3-11(16)9-13(15)14(19)10-18(8-2-7-17)12-4-5-12/h3,6,9,12H,2,4-5,8,10H2,1H3. The maximum absolute atomic E-state index is 13.3. The van der Waals surface area contributed by atoms with Crippen molar-refractivity contribution >= 4 is 5.78 Å². The number of ketones is 1. The van der Waals surface area contributed by atoms with Gasteiger partial charge in [-0.2, -0.15) is 5.26 Å². The number of methoxy groups -OCH3 is 1. The molecule has 0 atom stereocenters. The van der Waals surface area contributed by atoms with Gasteiger partial charge in [-0.25, -0.2) is 4.39 Å². The Bertz CT molecular complexity index is 535. The number of nitrogens with zero attached hydrogens (tertiary/aromatic N) is 2. The van der Waals surface area contributed by atoms with Gasteiger partial charge in [0.2, 0.25) is 0 Å². The quantitative estimate of drug-likeness (QED) is 0.718. The Morgan fingerprint density at radius 1 is 1.55 bits per heavy atom. The predicted molar refractivity (Wildman–Crippen MR) is 72.1 cm³/mol. The van der Waals surface area contributed by atoms with E-state index in [9.17, 15) is 9.18 Å². The fraction of sp³-hybridized carbons (Fsp3) is 0.467. The molecular weight excluding hydrogens is 259 g/mol. The number of ether oxygens (including phenoxy) is 1. The fourth-order valence-corrected chi connectivity index (χ4v) is 2.19. The van der Waals surface area contributed by atoms with Crippen molar-refractivity contribution in [2.24, 2.45) is 0 Å². The van der Waals surface area contributed by atoms with E-state index < -0.39 is 5.82 Å². The highest BCUT2D eigenvalue weighted by Crippen LogP contribution is 2.28. The average Bonchev–Trinajstić information content (AvgIpc) is 3.27. The summed E-state index contributed by atoms with van der Waals surface area (Å²) in [5.41, 5.74) is 0.259. The van der Waals surface area contributed by atoms with Gasteiger partial charge in [0.25, 0.3) is 0 Å². The van der Waals surface area contributed by atoms with Crippen molar-refractivity contribution in [3.63, 3.8) is 0 Å². The number of carbonyl (C=O) groups is 1. The van der Waals surface area contributed by atoms with Gasteiger partial charge in [0, 0.05) is 19.0 Å². The zero-order chi connectivity index (χ0) is 14.5. The van der Waals surface area contributed by atoms with E-state index in [1.807, 2.05) is 4.90 Å². The highest BCUT2D eigenvalue weighted by Gasteiger charge is 2.30. The van der Waals surface area contributed by atoms with Crippen LogP contribution < -0.4 is 4.74 Å². The van der Waals surface area contributed by atoms with Crippen molar-refractivity contribution in [3.05, 3.63) is 29.6 Å². The van der Waals surface area contributed by atoms with Crippen molar-refractivity contribution in [2.75, 3.05) is 20.2 Å².